The number of sulfonamides is 2. The summed E-state index contributed by atoms with van der Waals surface area (Å²) in [6, 6.07) is 4.90. The van der Waals surface area contributed by atoms with Gasteiger partial charge in [0.15, 0.2) is 5.82 Å². The van der Waals surface area contributed by atoms with Crippen LogP contribution in [0.3, 0.4) is 0 Å². The van der Waals surface area contributed by atoms with Crippen LogP contribution in [0.25, 0.3) is 0 Å². The molecule has 13 heteroatoms. The van der Waals surface area contributed by atoms with Gasteiger partial charge in [-0.15, -0.1) is 0 Å². The molecular weight excluding hydrogens is 446 g/mol. The fourth-order valence-electron chi connectivity index (χ4n) is 3.48. The molecule has 170 valence electrons. The Balaban J connectivity index is 1.86. The van der Waals surface area contributed by atoms with Crippen LogP contribution in [0.1, 0.15) is 24.3 Å². The van der Waals surface area contributed by atoms with E-state index in [1.165, 1.54) is 47.9 Å². The van der Waals surface area contributed by atoms with Gasteiger partial charge in [0.1, 0.15) is 0 Å². The Kier molecular flexibility index (Phi) is 6.30. The third-order valence-electron chi connectivity index (χ3n) is 5.13. The van der Waals surface area contributed by atoms with E-state index in [-0.39, 0.29) is 28.1 Å². The zero-order valence-electron chi connectivity index (χ0n) is 17.4. The second-order valence-electron chi connectivity index (χ2n) is 7.54. The zero-order valence-corrected chi connectivity index (χ0v) is 19.0. The van der Waals surface area contributed by atoms with Crippen LogP contribution in [-0.4, -0.2) is 74.2 Å². The van der Waals surface area contributed by atoms with Gasteiger partial charge in [-0.05, 0) is 37.1 Å². The maximum absolute atomic E-state index is 12.9. The van der Waals surface area contributed by atoms with Crippen molar-refractivity contribution in [1.82, 2.24) is 19.0 Å². The number of nitrogens with one attached hydrogen (secondary N) is 1. The van der Waals surface area contributed by atoms with E-state index in [1.54, 1.807) is 13.2 Å². The zero-order chi connectivity index (χ0) is 23.0. The van der Waals surface area contributed by atoms with E-state index in [0.29, 0.717) is 24.9 Å². The average Bonchev–Trinajstić information content (AvgIpc) is 3.07. The van der Waals surface area contributed by atoms with E-state index >= 15 is 0 Å². The van der Waals surface area contributed by atoms with Crippen LogP contribution in [0.5, 0.6) is 0 Å². The van der Waals surface area contributed by atoms with Crippen LogP contribution in [0.15, 0.2) is 40.3 Å². The molecule has 2 heterocycles. The number of benzene rings is 1. The summed E-state index contributed by atoms with van der Waals surface area (Å²) in [5.74, 6) is -0.0615. The van der Waals surface area contributed by atoms with Gasteiger partial charge in [0.2, 0.25) is 10.0 Å². The van der Waals surface area contributed by atoms with Crippen LogP contribution in [0.4, 0.5) is 10.6 Å². The van der Waals surface area contributed by atoms with Crippen molar-refractivity contribution in [3.05, 3.63) is 36.0 Å². The van der Waals surface area contributed by atoms with Crippen LogP contribution >= 0.6 is 0 Å². The Morgan fingerprint density at radius 1 is 1.16 bits per heavy atom. The van der Waals surface area contributed by atoms with Gasteiger partial charge in [0.05, 0.1) is 9.79 Å². The molecular formula is C18H25N5O6S2. The molecule has 11 nitrogen and oxygen atoms in total. The van der Waals surface area contributed by atoms with Crippen molar-refractivity contribution in [3.8, 4) is 0 Å². The Labute approximate surface area is 181 Å². The summed E-state index contributed by atoms with van der Waals surface area (Å²) < 4.78 is 55.1. The van der Waals surface area contributed by atoms with Gasteiger partial charge in [-0.25, -0.2) is 25.9 Å². The molecule has 1 aliphatic rings. The lowest BCUT2D eigenvalue weighted by Crippen LogP contribution is -2.38. The van der Waals surface area contributed by atoms with Gasteiger partial charge in [0, 0.05) is 51.9 Å². The third kappa shape index (κ3) is 4.83. The Bertz CT molecular complexity index is 1170. The van der Waals surface area contributed by atoms with Crippen molar-refractivity contribution in [2.75, 3.05) is 31.9 Å². The SMILES string of the molecule is CN(C)S(=O)(=O)c1ccc(S(=O)(=O)Nc2nn(C)cc2C2CCCN(C(=O)O)C2)cc1. The van der Waals surface area contributed by atoms with Crippen LogP contribution in [-0.2, 0) is 27.1 Å². The number of anilines is 1. The average molecular weight is 472 g/mol. The third-order valence-corrected chi connectivity index (χ3v) is 8.32. The number of nitrogens with zero attached hydrogens (tertiary/aromatic N) is 4. The van der Waals surface area contributed by atoms with Crippen molar-refractivity contribution >= 4 is 32.0 Å². The molecule has 1 fully saturated rings. The van der Waals surface area contributed by atoms with Crippen LogP contribution < -0.4 is 4.72 Å². The van der Waals surface area contributed by atoms with E-state index in [2.05, 4.69) is 9.82 Å². The molecule has 2 N–H and O–H groups in total. The summed E-state index contributed by atoms with van der Waals surface area (Å²) in [6.07, 6.45) is 2.05. The highest BCUT2D eigenvalue weighted by Crippen LogP contribution is 2.32. The minimum atomic E-state index is -4.04. The molecule has 1 aromatic carbocycles. The fourth-order valence-corrected chi connectivity index (χ4v) is 5.40. The molecule has 1 aliphatic heterocycles. The second kappa shape index (κ2) is 8.48. The van der Waals surface area contributed by atoms with Gasteiger partial charge in [0.25, 0.3) is 10.0 Å². The number of carboxylic acid groups (broad SMARTS) is 1. The number of rotatable bonds is 6. The van der Waals surface area contributed by atoms with Gasteiger partial charge < -0.3 is 10.0 Å². The number of piperidine rings is 1. The number of hydrogen-bond donors (Lipinski definition) is 2. The summed E-state index contributed by atoms with van der Waals surface area (Å²) in [5.41, 5.74) is 0.615. The highest BCUT2D eigenvalue weighted by Gasteiger charge is 2.29. The molecule has 1 unspecified atom stereocenters. The molecule has 0 radical (unpaired) electrons. The monoisotopic (exact) mass is 471 g/mol. The van der Waals surface area contributed by atoms with Crippen molar-refractivity contribution in [2.24, 2.45) is 7.05 Å². The largest absolute Gasteiger partial charge is 0.465 e. The van der Waals surface area contributed by atoms with E-state index < -0.39 is 26.1 Å². The molecule has 0 aliphatic carbocycles. The maximum Gasteiger partial charge on any atom is 0.407 e. The van der Waals surface area contributed by atoms with E-state index in [9.17, 15) is 26.7 Å². The maximum atomic E-state index is 12.9. The summed E-state index contributed by atoms with van der Waals surface area (Å²) in [6.45, 7) is 0.697. The first-order valence-corrected chi connectivity index (χ1v) is 12.4. The van der Waals surface area contributed by atoms with Gasteiger partial charge in [-0.3, -0.25) is 9.40 Å². The van der Waals surface area contributed by atoms with Crippen molar-refractivity contribution in [3.63, 3.8) is 0 Å². The summed E-state index contributed by atoms with van der Waals surface area (Å²) >= 11 is 0. The molecule has 2 aromatic rings. The molecule has 31 heavy (non-hydrogen) atoms. The first kappa shape index (κ1) is 23.0. The number of carbonyl (C=O) groups is 1. The topological polar surface area (TPSA) is 142 Å². The lowest BCUT2D eigenvalue weighted by Gasteiger charge is -2.30. The van der Waals surface area contributed by atoms with Gasteiger partial charge >= 0.3 is 6.09 Å². The molecule has 0 saturated carbocycles. The second-order valence-corrected chi connectivity index (χ2v) is 11.4. The van der Waals surface area contributed by atoms with E-state index in [0.717, 1.165) is 4.31 Å². The molecule has 1 amide bonds. The Morgan fingerprint density at radius 3 is 2.35 bits per heavy atom. The summed E-state index contributed by atoms with van der Waals surface area (Å²) in [5, 5.41) is 13.5. The van der Waals surface area contributed by atoms with Gasteiger partial charge in [-0.2, -0.15) is 5.10 Å². The summed E-state index contributed by atoms with van der Waals surface area (Å²) in [7, 11) is -3.28. The lowest BCUT2D eigenvalue weighted by molar-refractivity contribution is 0.130. The standard InChI is InChI=1S/C18H25N5O6S2/c1-21(2)31(28,29)15-8-6-14(7-9-15)30(26,27)20-17-16(12-22(3)19-17)13-5-4-10-23(11-13)18(24)25/h6-9,12-13H,4-5,10-11H2,1-3H3,(H,19,20)(H,24,25). The fraction of sp³-hybridized carbons (Fsp3) is 0.444. The molecule has 1 atom stereocenters. The molecule has 3 rings (SSSR count). The predicted octanol–water partition coefficient (Wildman–Crippen LogP) is 1.33. The number of likely N-dealkylation sites (tertiary alicyclic amines) is 1. The van der Waals surface area contributed by atoms with E-state index in [1.807, 2.05) is 0 Å². The number of aryl methyl sites for hydroxylation is 1. The van der Waals surface area contributed by atoms with Crippen molar-refractivity contribution in [1.29, 1.82) is 0 Å². The van der Waals surface area contributed by atoms with Crippen LogP contribution in [0, 0.1) is 0 Å². The molecule has 0 spiro atoms. The minimum Gasteiger partial charge on any atom is -0.465 e. The quantitative estimate of drug-likeness (QED) is 0.647. The molecule has 1 saturated heterocycles. The minimum absolute atomic E-state index is 0.0223. The first-order valence-electron chi connectivity index (χ1n) is 9.48. The van der Waals surface area contributed by atoms with Gasteiger partial charge in [-0.1, -0.05) is 0 Å². The number of amides is 1. The summed E-state index contributed by atoms with van der Waals surface area (Å²) in [4.78, 5) is 12.5. The predicted molar refractivity (Wildman–Crippen MR) is 113 cm³/mol. The first-order chi connectivity index (χ1) is 14.4. The lowest BCUT2D eigenvalue weighted by atomic mass is 9.92. The molecule has 0 bridgehead atoms. The van der Waals surface area contributed by atoms with E-state index in [4.69, 9.17) is 0 Å². The Morgan fingerprint density at radius 2 is 1.77 bits per heavy atom. The highest BCUT2D eigenvalue weighted by atomic mass is 32.2. The smallest absolute Gasteiger partial charge is 0.407 e. The highest BCUT2D eigenvalue weighted by molar-refractivity contribution is 7.92. The van der Waals surface area contributed by atoms with Crippen molar-refractivity contribution < 1.29 is 26.7 Å². The van der Waals surface area contributed by atoms with Crippen LogP contribution in [0.2, 0.25) is 0 Å². The normalized spacial score (nSPS) is 17.7. The molecule has 1 aromatic heterocycles. The Hall–Kier alpha value is -2.64. The van der Waals surface area contributed by atoms with Crippen molar-refractivity contribution in [2.45, 2.75) is 28.6 Å². The number of aromatic nitrogens is 2. The number of hydrogen-bond acceptors (Lipinski definition) is 6.